The van der Waals surface area contributed by atoms with Crippen LogP contribution >= 0.6 is 11.8 Å². The third-order valence-electron chi connectivity index (χ3n) is 4.12. The number of hydrogen-bond acceptors (Lipinski definition) is 5. The Morgan fingerprint density at radius 2 is 2.05 bits per heavy atom. The number of ether oxygens (including phenoxy) is 2. The Labute approximate surface area is 130 Å². The molecule has 1 saturated carbocycles. The van der Waals surface area contributed by atoms with Crippen LogP contribution in [0.25, 0.3) is 0 Å². The van der Waals surface area contributed by atoms with E-state index in [1.807, 2.05) is 30.9 Å². The van der Waals surface area contributed by atoms with Crippen LogP contribution in [-0.2, 0) is 9.53 Å². The lowest BCUT2D eigenvalue weighted by atomic mass is 9.81. The van der Waals surface area contributed by atoms with Crippen molar-refractivity contribution >= 4 is 17.7 Å². The monoisotopic (exact) mass is 309 g/mol. The van der Waals surface area contributed by atoms with Gasteiger partial charge in [-0.2, -0.15) is 0 Å². The van der Waals surface area contributed by atoms with Crippen LogP contribution in [0.4, 0.5) is 0 Å². The zero-order chi connectivity index (χ0) is 15.3. The molecule has 0 saturated heterocycles. The van der Waals surface area contributed by atoms with Crippen molar-refractivity contribution in [1.29, 1.82) is 0 Å². The van der Waals surface area contributed by atoms with E-state index < -0.39 is 5.54 Å². The lowest BCUT2D eigenvalue weighted by Gasteiger charge is -2.38. The first-order chi connectivity index (χ1) is 10.1. The first kappa shape index (κ1) is 16.2. The fourth-order valence-corrected chi connectivity index (χ4v) is 4.21. The molecule has 0 amide bonds. The van der Waals surface area contributed by atoms with Crippen LogP contribution in [-0.4, -0.2) is 38.0 Å². The van der Waals surface area contributed by atoms with Gasteiger partial charge < -0.3 is 14.8 Å². The molecule has 2 rings (SSSR count). The molecule has 2 unspecified atom stereocenters. The lowest BCUT2D eigenvalue weighted by molar-refractivity contribution is -0.149. The van der Waals surface area contributed by atoms with Gasteiger partial charge in [-0.25, -0.2) is 0 Å². The first-order valence-electron chi connectivity index (χ1n) is 7.21. The Bertz CT molecular complexity index is 477. The maximum absolute atomic E-state index is 12.1. The predicted molar refractivity (Wildman–Crippen MR) is 84.9 cm³/mol. The number of thioether (sulfide) groups is 1. The number of carbonyl (C=O) groups excluding carboxylic acids is 1. The topological polar surface area (TPSA) is 47.6 Å². The largest absolute Gasteiger partial charge is 0.497 e. The highest BCUT2D eigenvalue weighted by Gasteiger charge is 2.42. The number of hydrogen-bond donors (Lipinski definition) is 1. The molecule has 1 fully saturated rings. The maximum Gasteiger partial charge on any atom is 0.326 e. The Morgan fingerprint density at radius 3 is 2.62 bits per heavy atom. The van der Waals surface area contributed by atoms with Gasteiger partial charge >= 0.3 is 5.97 Å². The van der Waals surface area contributed by atoms with E-state index in [9.17, 15) is 4.79 Å². The van der Waals surface area contributed by atoms with Crippen LogP contribution in [0.15, 0.2) is 29.2 Å². The summed E-state index contributed by atoms with van der Waals surface area (Å²) in [5, 5.41) is 3.61. The molecule has 0 bridgehead atoms. The van der Waals surface area contributed by atoms with Gasteiger partial charge in [0.25, 0.3) is 0 Å². The van der Waals surface area contributed by atoms with Crippen molar-refractivity contribution in [3.05, 3.63) is 24.3 Å². The molecule has 5 heteroatoms. The number of likely N-dealkylation sites (N-methyl/N-ethyl adjacent to an activating group) is 1. The summed E-state index contributed by atoms with van der Waals surface area (Å²) in [6.07, 6.45) is 3.80. The van der Waals surface area contributed by atoms with Gasteiger partial charge in [-0.15, -0.1) is 11.8 Å². The Hall–Kier alpha value is -1.20. The van der Waals surface area contributed by atoms with Gasteiger partial charge in [0.15, 0.2) is 0 Å². The van der Waals surface area contributed by atoms with Crippen molar-refractivity contribution in [2.24, 2.45) is 0 Å². The second-order valence-electron chi connectivity index (χ2n) is 5.34. The van der Waals surface area contributed by atoms with E-state index in [1.54, 1.807) is 7.11 Å². The molecule has 0 aromatic heterocycles. The first-order valence-corrected chi connectivity index (χ1v) is 8.09. The highest BCUT2D eigenvalue weighted by atomic mass is 32.2. The van der Waals surface area contributed by atoms with Gasteiger partial charge in [0.05, 0.1) is 14.2 Å². The fraction of sp³-hybridized carbons (Fsp3) is 0.562. The quantitative estimate of drug-likeness (QED) is 0.848. The van der Waals surface area contributed by atoms with Crippen LogP contribution in [0.1, 0.15) is 25.7 Å². The number of carbonyl (C=O) groups is 1. The smallest absolute Gasteiger partial charge is 0.326 e. The Kier molecular flexibility index (Phi) is 5.53. The number of rotatable bonds is 5. The van der Waals surface area contributed by atoms with E-state index in [0.717, 1.165) is 31.4 Å². The van der Waals surface area contributed by atoms with E-state index in [2.05, 4.69) is 17.4 Å². The van der Waals surface area contributed by atoms with E-state index in [-0.39, 0.29) is 5.97 Å². The summed E-state index contributed by atoms with van der Waals surface area (Å²) in [6.45, 7) is 0. The minimum atomic E-state index is -0.531. The summed E-state index contributed by atoms with van der Waals surface area (Å²) >= 11 is 1.83. The van der Waals surface area contributed by atoms with Crippen LogP contribution in [0.5, 0.6) is 5.75 Å². The van der Waals surface area contributed by atoms with Gasteiger partial charge in [0.1, 0.15) is 11.3 Å². The highest BCUT2D eigenvalue weighted by molar-refractivity contribution is 8.00. The fourth-order valence-electron chi connectivity index (χ4n) is 2.88. The van der Waals surface area contributed by atoms with Crippen molar-refractivity contribution in [3.8, 4) is 5.75 Å². The van der Waals surface area contributed by atoms with Crippen molar-refractivity contribution in [3.63, 3.8) is 0 Å². The SMILES string of the molecule is CNC1(C(=O)OC)CCCC(Sc2ccc(OC)cc2)C1. The minimum Gasteiger partial charge on any atom is -0.497 e. The number of esters is 1. The van der Waals surface area contributed by atoms with Crippen molar-refractivity contribution < 1.29 is 14.3 Å². The predicted octanol–water partition coefficient (Wildman–Crippen LogP) is 2.86. The lowest BCUT2D eigenvalue weighted by Crippen LogP contribution is -2.54. The number of benzene rings is 1. The van der Waals surface area contributed by atoms with Gasteiger partial charge in [0.2, 0.25) is 0 Å². The molecule has 0 heterocycles. The summed E-state index contributed by atoms with van der Waals surface area (Å²) in [7, 11) is 4.97. The molecule has 116 valence electrons. The molecule has 1 aromatic carbocycles. The maximum atomic E-state index is 12.1. The molecule has 0 aliphatic heterocycles. The second-order valence-corrected chi connectivity index (χ2v) is 6.71. The number of nitrogens with one attached hydrogen (secondary N) is 1. The normalized spacial score (nSPS) is 25.4. The minimum absolute atomic E-state index is 0.148. The standard InChI is InChI=1S/C16H23NO3S/c1-17-16(15(18)20-3)10-4-5-14(11-16)21-13-8-6-12(19-2)7-9-13/h6-9,14,17H,4-5,10-11H2,1-3H3. The van der Waals surface area contributed by atoms with Crippen molar-refractivity contribution in [2.75, 3.05) is 21.3 Å². The van der Waals surface area contributed by atoms with Gasteiger partial charge in [-0.05, 0) is 57.0 Å². The zero-order valence-corrected chi connectivity index (χ0v) is 13.7. The summed E-state index contributed by atoms with van der Waals surface area (Å²) in [4.78, 5) is 13.3. The van der Waals surface area contributed by atoms with Gasteiger partial charge in [-0.1, -0.05) is 0 Å². The molecule has 1 N–H and O–H groups in total. The highest BCUT2D eigenvalue weighted by Crippen LogP contribution is 2.39. The van der Waals surface area contributed by atoms with Crippen molar-refractivity contribution in [1.82, 2.24) is 5.32 Å². The molecule has 1 aliphatic carbocycles. The zero-order valence-electron chi connectivity index (χ0n) is 12.8. The van der Waals surface area contributed by atoms with Crippen LogP contribution in [0.3, 0.4) is 0 Å². The average Bonchev–Trinajstić information content (AvgIpc) is 2.55. The van der Waals surface area contributed by atoms with E-state index in [0.29, 0.717) is 5.25 Å². The molecule has 0 radical (unpaired) electrons. The molecular weight excluding hydrogens is 286 g/mol. The van der Waals surface area contributed by atoms with Crippen LogP contribution in [0.2, 0.25) is 0 Å². The molecule has 21 heavy (non-hydrogen) atoms. The summed E-state index contributed by atoms with van der Waals surface area (Å²) < 4.78 is 10.2. The van der Waals surface area contributed by atoms with E-state index in [4.69, 9.17) is 9.47 Å². The van der Waals surface area contributed by atoms with E-state index in [1.165, 1.54) is 12.0 Å². The summed E-state index contributed by atoms with van der Waals surface area (Å²) in [5.74, 6) is 0.715. The van der Waals surface area contributed by atoms with Crippen molar-refractivity contribution in [2.45, 2.75) is 41.4 Å². The third kappa shape index (κ3) is 3.71. The molecule has 1 aliphatic rings. The molecular formula is C16H23NO3S. The van der Waals surface area contributed by atoms with Gasteiger partial charge in [0, 0.05) is 10.1 Å². The Balaban J connectivity index is 2.04. The second kappa shape index (κ2) is 7.18. The molecule has 0 spiro atoms. The third-order valence-corrected chi connectivity index (χ3v) is 5.40. The summed E-state index contributed by atoms with van der Waals surface area (Å²) in [6, 6.07) is 8.07. The molecule has 4 nitrogen and oxygen atoms in total. The van der Waals surface area contributed by atoms with Gasteiger partial charge in [-0.3, -0.25) is 4.79 Å². The average molecular weight is 309 g/mol. The molecule has 1 aromatic rings. The Morgan fingerprint density at radius 1 is 1.33 bits per heavy atom. The number of methoxy groups -OCH3 is 2. The summed E-state index contributed by atoms with van der Waals surface area (Å²) in [5.41, 5.74) is -0.531. The molecule has 2 atom stereocenters. The van der Waals surface area contributed by atoms with Crippen LogP contribution in [0, 0.1) is 0 Å². The van der Waals surface area contributed by atoms with E-state index >= 15 is 0 Å². The van der Waals surface area contributed by atoms with Crippen LogP contribution < -0.4 is 10.1 Å².